The summed E-state index contributed by atoms with van der Waals surface area (Å²) in [4.78, 5) is 0. The van der Waals surface area contributed by atoms with Gasteiger partial charge >= 0.3 is 6.36 Å². The van der Waals surface area contributed by atoms with Crippen molar-refractivity contribution in [2.24, 2.45) is 5.73 Å². The first-order valence-electron chi connectivity index (χ1n) is 6.23. The van der Waals surface area contributed by atoms with Crippen molar-refractivity contribution in [3.63, 3.8) is 0 Å². The van der Waals surface area contributed by atoms with Gasteiger partial charge in [-0.15, -0.1) is 13.2 Å². The van der Waals surface area contributed by atoms with E-state index in [0.29, 0.717) is 0 Å². The molecule has 2 aromatic rings. The van der Waals surface area contributed by atoms with Crippen molar-refractivity contribution in [1.82, 2.24) is 0 Å². The van der Waals surface area contributed by atoms with Crippen molar-refractivity contribution < 1.29 is 22.6 Å². The van der Waals surface area contributed by atoms with Crippen LogP contribution in [0.2, 0.25) is 0 Å². The van der Waals surface area contributed by atoms with Gasteiger partial charge < -0.3 is 15.2 Å². The second kappa shape index (κ2) is 6.49. The van der Waals surface area contributed by atoms with Gasteiger partial charge in [-0.05, 0) is 11.6 Å². The van der Waals surface area contributed by atoms with E-state index in [1.165, 1.54) is 12.1 Å². The molecule has 0 spiro atoms. The van der Waals surface area contributed by atoms with Crippen molar-refractivity contribution in [3.05, 3.63) is 59.7 Å². The Balaban J connectivity index is 2.12. The molecule has 0 amide bonds. The maximum Gasteiger partial charge on any atom is 0.573 e. The molecule has 3 nitrogen and oxygen atoms in total. The Morgan fingerprint density at radius 3 is 2.33 bits per heavy atom. The molecule has 21 heavy (non-hydrogen) atoms. The lowest BCUT2D eigenvalue weighted by Gasteiger charge is -2.14. The highest BCUT2D eigenvalue weighted by Crippen LogP contribution is 2.30. The van der Waals surface area contributed by atoms with E-state index in [2.05, 4.69) is 4.74 Å². The minimum Gasteiger partial charge on any atom is -0.489 e. The van der Waals surface area contributed by atoms with E-state index in [-0.39, 0.29) is 30.2 Å². The lowest BCUT2D eigenvalue weighted by Crippen LogP contribution is -2.18. The Kier molecular flexibility index (Phi) is 4.70. The lowest BCUT2D eigenvalue weighted by molar-refractivity contribution is -0.274. The third kappa shape index (κ3) is 4.68. The molecular formula is C15H14F3NO2. The molecule has 0 fully saturated rings. The molecule has 0 saturated heterocycles. The number of benzene rings is 2. The average molecular weight is 297 g/mol. The molecule has 2 rings (SSSR count). The summed E-state index contributed by atoms with van der Waals surface area (Å²) in [5.41, 5.74) is 6.58. The summed E-state index contributed by atoms with van der Waals surface area (Å²) in [5, 5.41) is 0. The van der Waals surface area contributed by atoms with Gasteiger partial charge in [0.1, 0.15) is 18.1 Å². The highest BCUT2D eigenvalue weighted by molar-refractivity contribution is 5.41. The maximum absolute atomic E-state index is 12.3. The predicted molar refractivity (Wildman–Crippen MR) is 71.8 cm³/mol. The molecule has 2 N–H and O–H groups in total. The first kappa shape index (κ1) is 15.2. The Labute approximate surface area is 120 Å². The van der Waals surface area contributed by atoms with Gasteiger partial charge in [-0.25, -0.2) is 0 Å². The topological polar surface area (TPSA) is 44.5 Å². The Bertz CT molecular complexity index is 585. The molecule has 0 aliphatic carbocycles. The van der Waals surface area contributed by atoms with E-state index in [4.69, 9.17) is 10.5 Å². The van der Waals surface area contributed by atoms with Crippen LogP contribution in [-0.2, 0) is 13.2 Å². The third-order valence-electron chi connectivity index (χ3n) is 2.73. The summed E-state index contributed by atoms with van der Waals surface area (Å²) in [6.45, 7) is 0.207. The Morgan fingerprint density at radius 1 is 1.00 bits per heavy atom. The third-order valence-corrected chi connectivity index (χ3v) is 2.73. The van der Waals surface area contributed by atoms with Gasteiger partial charge in [0, 0.05) is 18.2 Å². The Morgan fingerprint density at radius 2 is 1.71 bits per heavy atom. The van der Waals surface area contributed by atoms with Gasteiger partial charge in [-0.2, -0.15) is 0 Å². The fraction of sp³-hybridized carbons (Fsp3) is 0.200. The SMILES string of the molecule is NCc1ccc(OCc2ccccc2)cc1OC(F)(F)F. The standard InChI is InChI=1S/C15H14F3NO2/c16-15(17,18)21-14-8-13(7-6-12(14)9-19)20-10-11-4-2-1-3-5-11/h1-8H,9-10,19H2. The molecule has 0 aliphatic rings. The molecule has 0 saturated carbocycles. The lowest BCUT2D eigenvalue weighted by atomic mass is 10.2. The van der Waals surface area contributed by atoms with Crippen molar-refractivity contribution in [2.75, 3.05) is 0 Å². The molecular weight excluding hydrogens is 283 g/mol. The van der Waals surface area contributed by atoms with Crippen molar-refractivity contribution >= 4 is 0 Å². The van der Waals surface area contributed by atoms with E-state index in [9.17, 15) is 13.2 Å². The number of ether oxygens (including phenoxy) is 2. The average Bonchev–Trinajstić information content (AvgIpc) is 2.45. The highest BCUT2D eigenvalue weighted by Gasteiger charge is 2.32. The zero-order chi connectivity index (χ0) is 15.3. The largest absolute Gasteiger partial charge is 0.573 e. The van der Waals surface area contributed by atoms with Crippen LogP contribution in [0.1, 0.15) is 11.1 Å². The fourth-order valence-electron chi connectivity index (χ4n) is 1.75. The zero-order valence-electron chi connectivity index (χ0n) is 11.1. The summed E-state index contributed by atoms with van der Waals surface area (Å²) in [5.74, 6) is -0.0501. The minimum absolute atomic E-state index is 0.0512. The number of hydrogen-bond donors (Lipinski definition) is 1. The van der Waals surface area contributed by atoms with Crippen LogP contribution in [0.15, 0.2) is 48.5 Å². The van der Waals surface area contributed by atoms with Gasteiger partial charge in [-0.3, -0.25) is 0 Å². The predicted octanol–water partition coefficient (Wildman–Crippen LogP) is 3.62. The van der Waals surface area contributed by atoms with E-state index < -0.39 is 6.36 Å². The minimum atomic E-state index is -4.76. The van der Waals surface area contributed by atoms with Crippen LogP contribution >= 0.6 is 0 Å². The highest BCUT2D eigenvalue weighted by atomic mass is 19.4. The quantitative estimate of drug-likeness (QED) is 0.916. The maximum atomic E-state index is 12.3. The van der Waals surface area contributed by atoms with E-state index in [1.54, 1.807) is 6.07 Å². The molecule has 0 aromatic heterocycles. The van der Waals surface area contributed by atoms with Gasteiger partial charge in [0.05, 0.1) is 0 Å². The van der Waals surface area contributed by atoms with Crippen LogP contribution in [0.4, 0.5) is 13.2 Å². The summed E-state index contributed by atoms with van der Waals surface area (Å²) < 4.78 is 46.4. The normalized spacial score (nSPS) is 11.2. The Hall–Kier alpha value is -2.21. The summed E-state index contributed by atoms with van der Waals surface area (Å²) >= 11 is 0. The van der Waals surface area contributed by atoms with E-state index in [1.807, 2.05) is 30.3 Å². The fourth-order valence-corrected chi connectivity index (χ4v) is 1.75. The van der Waals surface area contributed by atoms with Crippen LogP contribution in [0.25, 0.3) is 0 Å². The number of alkyl halides is 3. The second-order valence-corrected chi connectivity index (χ2v) is 4.30. The first-order chi connectivity index (χ1) is 9.98. The number of hydrogen-bond acceptors (Lipinski definition) is 3. The van der Waals surface area contributed by atoms with Crippen LogP contribution in [0, 0.1) is 0 Å². The van der Waals surface area contributed by atoms with Crippen molar-refractivity contribution in [3.8, 4) is 11.5 Å². The van der Waals surface area contributed by atoms with Gasteiger partial charge in [-0.1, -0.05) is 36.4 Å². The van der Waals surface area contributed by atoms with Crippen molar-refractivity contribution in [1.29, 1.82) is 0 Å². The van der Waals surface area contributed by atoms with Crippen LogP contribution in [-0.4, -0.2) is 6.36 Å². The van der Waals surface area contributed by atoms with E-state index in [0.717, 1.165) is 5.56 Å². The monoisotopic (exact) mass is 297 g/mol. The molecule has 112 valence electrons. The molecule has 0 atom stereocenters. The van der Waals surface area contributed by atoms with E-state index >= 15 is 0 Å². The second-order valence-electron chi connectivity index (χ2n) is 4.30. The number of nitrogens with two attached hydrogens (primary N) is 1. The molecule has 0 heterocycles. The molecule has 0 unspecified atom stereocenters. The first-order valence-corrected chi connectivity index (χ1v) is 6.23. The molecule has 0 bridgehead atoms. The molecule has 0 radical (unpaired) electrons. The summed E-state index contributed by atoms with van der Waals surface area (Å²) in [6.07, 6.45) is -4.76. The number of halogens is 3. The van der Waals surface area contributed by atoms with Crippen molar-refractivity contribution in [2.45, 2.75) is 19.5 Å². The molecule has 6 heteroatoms. The van der Waals surface area contributed by atoms with Crippen LogP contribution < -0.4 is 15.2 Å². The summed E-state index contributed by atoms with van der Waals surface area (Å²) in [7, 11) is 0. The molecule has 2 aromatic carbocycles. The van der Waals surface area contributed by atoms with Crippen LogP contribution in [0.5, 0.6) is 11.5 Å². The number of rotatable bonds is 5. The van der Waals surface area contributed by atoms with Gasteiger partial charge in [0.25, 0.3) is 0 Å². The smallest absolute Gasteiger partial charge is 0.489 e. The van der Waals surface area contributed by atoms with Crippen LogP contribution in [0.3, 0.4) is 0 Å². The summed E-state index contributed by atoms with van der Waals surface area (Å²) in [6, 6.07) is 13.5. The van der Waals surface area contributed by atoms with Gasteiger partial charge in [0.15, 0.2) is 0 Å². The van der Waals surface area contributed by atoms with Gasteiger partial charge in [0.2, 0.25) is 0 Å². The zero-order valence-corrected chi connectivity index (χ0v) is 11.1. The molecule has 0 aliphatic heterocycles.